The van der Waals surface area contributed by atoms with Crippen LogP contribution in [0.25, 0.3) is 5.69 Å². The van der Waals surface area contributed by atoms with Crippen molar-refractivity contribution in [3.8, 4) is 5.69 Å². The number of carbonyl (C=O) groups is 1. The number of rotatable bonds is 7. The predicted octanol–water partition coefficient (Wildman–Crippen LogP) is 6.02. The number of amides is 1. The second-order valence-electron chi connectivity index (χ2n) is 9.15. The van der Waals surface area contributed by atoms with Crippen molar-refractivity contribution in [3.05, 3.63) is 118 Å². The van der Waals surface area contributed by atoms with Crippen LogP contribution in [0.15, 0.2) is 72.8 Å². The molecule has 0 N–H and O–H groups in total. The highest BCUT2D eigenvalue weighted by Crippen LogP contribution is 2.28. The molecule has 0 fully saturated rings. The summed E-state index contributed by atoms with van der Waals surface area (Å²) in [5.74, 6) is -0.996. The molecular formula is C29H27ClF2N4O. The molecule has 0 spiro atoms. The van der Waals surface area contributed by atoms with Crippen LogP contribution in [-0.2, 0) is 26.1 Å². The van der Waals surface area contributed by atoms with Gasteiger partial charge in [-0.2, -0.15) is 5.10 Å². The van der Waals surface area contributed by atoms with E-state index in [-0.39, 0.29) is 12.5 Å². The van der Waals surface area contributed by atoms with E-state index in [2.05, 4.69) is 4.90 Å². The average molecular weight is 521 g/mol. The molecule has 0 aliphatic carbocycles. The molecule has 190 valence electrons. The van der Waals surface area contributed by atoms with Crippen molar-refractivity contribution >= 4 is 17.5 Å². The van der Waals surface area contributed by atoms with Crippen molar-refractivity contribution in [2.24, 2.45) is 0 Å². The molecule has 1 aliphatic rings. The summed E-state index contributed by atoms with van der Waals surface area (Å²) in [6.45, 7) is 4.25. The van der Waals surface area contributed by atoms with Gasteiger partial charge in [0.05, 0.1) is 23.6 Å². The van der Waals surface area contributed by atoms with Crippen molar-refractivity contribution < 1.29 is 13.6 Å². The molecule has 5 rings (SSSR count). The molecule has 1 aliphatic heterocycles. The molecule has 3 aromatic carbocycles. The van der Waals surface area contributed by atoms with Crippen LogP contribution in [0.4, 0.5) is 8.78 Å². The number of nitrogens with zero attached hydrogens (tertiary/aromatic N) is 4. The van der Waals surface area contributed by atoms with Crippen molar-refractivity contribution in [2.45, 2.75) is 33.0 Å². The average Bonchev–Trinajstić information content (AvgIpc) is 3.27. The molecule has 2 heterocycles. The highest BCUT2D eigenvalue weighted by Gasteiger charge is 2.28. The van der Waals surface area contributed by atoms with E-state index in [1.807, 2.05) is 41.9 Å². The van der Waals surface area contributed by atoms with Gasteiger partial charge in [0.1, 0.15) is 11.6 Å². The first kappa shape index (κ1) is 25.1. The van der Waals surface area contributed by atoms with E-state index in [0.29, 0.717) is 48.7 Å². The van der Waals surface area contributed by atoms with E-state index in [0.717, 1.165) is 28.7 Å². The third kappa shape index (κ3) is 5.43. The molecule has 1 aromatic heterocycles. The van der Waals surface area contributed by atoms with E-state index in [9.17, 15) is 13.6 Å². The number of fused-ring (bicyclic) bond motifs is 1. The van der Waals surface area contributed by atoms with Gasteiger partial charge >= 0.3 is 0 Å². The number of hydrogen-bond acceptors (Lipinski definition) is 3. The van der Waals surface area contributed by atoms with Crippen LogP contribution in [0.2, 0.25) is 5.02 Å². The minimum absolute atomic E-state index is 0.123. The summed E-state index contributed by atoms with van der Waals surface area (Å²) in [5.41, 5.74) is 4.67. The lowest BCUT2D eigenvalue weighted by molar-refractivity contribution is 0.0749. The van der Waals surface area contributed by atoms with E-state index < -0.39 is 11.6 Å². The Balaban J connectivity index is 1.47. The van der Waals surface area contributed by atoms with Crippen molar-refractivity contribution in [1.29, 1.82) is 0 Å². The normalized spacial score (nSPS) is 13.4. The summed E-state index contributed by atoms with van der Waals surface area (Å²) in [6, 6.07) is 20.4. The second-order valence-corrected chi connectivity index (χ2v) is 9.58. The van der Waals surface area contributed by atoms with E-state index in [4.69, 9.17) is 16.7 Å². The first-order valence-electron chi connectivity index (χ1n) is 12.3. The maximum atomic E-state index is 14.4. The van der Waals surface area contributed by atoms with E-state index >= 15 is 0 Å². The van der Waals surface area contributed by atoms with Crippen molar-refractivity contribution in [1.82, 2.24) is 19.6 Å². The van der Waals surface area contributed by atoms with Crippen LogP contribution in [0.5, 0.6) is 0 Å². The van der Waals surface area contributed by atoms with Gasteiger partial charge in [-0.25, -0.2) is 13.5 Å². The van der Waals surface area contributed by atoms with Crippen LogP contribution < -0.4 is 0 Å². The zero-order valence-corrected chi connectivity index (χ0v) is 21.3. The molecule has 4 aromatic rings. The lowest BCUT2D eigenvalue weighted by atomic mass is 10.0. The Morgan fingerprint density at radius 1 is 1.05 bits per heavy atom. The van der Waals surface area contributed by atoms with Gasteiger partial charge in [0.2, 0.25) is 0 Å². The Morgan fingerprint density at radius 2 is 1.86 bits per heavy atom. The topological polar surface area (TPSA) is 41.4 Å². The monoisotopic (exact) mass is 520 g/mol. The summed E-state index contributed by atoms with van der Waals surface area (Å²) in [6.07, 6.45) is 0.697. The van der Waals surface area contributed by atoms with Gasteiger partial charge in [0, 0.05) is 54.3 Å². The molecule has 0 radical (unpaired) electrons. The van der Waals surface area contributed by atoms with E-state index in [1.54, 1.807) is 29.2 Å². The first-order valence-corrected chi connectivity index (χ1v) is 12.7. The van der Waals surface area contributed by atoms with Gasteiger partial charge in [-0.3, -0.25) is 9.69 Å². The minimum atomic E-state index is -0.454. The number of hydrogen-bond donors (Lipinski definition) is 0. The lowest BCUT2D eigenvalue weighted by Gasteiger charge is -2.28. The predicted molar refractivity (Wildman–Crippen MR) is 140 cm³/mol. The highest BCUT2D eigenvalue weighted by atomic mass is 35.5. The van der Waals surface area contributed by atoms with Crippen molar-refractivity contribution in [2.75, 3.05) is 13.1 Å². The van der Waals surface area contributed by atoms with Gasteiger partial charge < -0.3 is 4.90 Å². The second kappa shape index (κ2) is 10.8. The molecule has 37 heavy (non-hydrogen) atoms. The first-order chi connectivity index (χ1) is 17.9. The van der Waals surface area contributed by atoms with Gasteiger partial charge in [0.15, 0.2) is 0 Å². The van der Waals surface area contributed by atoms with E-state index in [1.165, 1.54) is 12.1 Å². The molecule has 1 amide bonds. The number of benzene rings is 3. The third-order valence-corrected chi connectivity index (χ3v) is 6.94. The minimum Gasteiger partial charge on any atom is -0.333 e. The van der Waals surface area contributed by atoms with Gasteiger partial charge in [-0.1, -0.05) is 35.9 Å². The largest absolute Gasteiger partial charge is 0.333 e. The van der Waals surface area contributed by atoms with Crippen LogP contribution in [0, 0.1) is 11.6 Å². The zero-order chi connectivity index (χ0) is 25.9. The number of aromatic nitrogens is 2. The molecule has 8 heteroatoms. The summed E-state index contributed by atoms with van der Waals surface area (Å²) in [5, 5.41) is 5.46. The molecule has 5 nitrogen and oxygen atoms in total. The fourth-order valence-electron chi connectivity index (χ4n) is 4.80. The molecule has 0 saturated carbocycles. The van der Waals surface area contributed by atoms with Gasteiger partial charge in [-0.15, -0.1) is 0 Å². The quantitative estimate of drug-likeness (QED) is 0.299. The number of halogens is 3. The Bertz CT molecular complexity index is 1420. The van der Waals surface area contributed by atoms with Crippen LogP contribution in [-0.4, -0.2) is 38.6 Å². The molecule has 0 unspecified atom stereocenters. The lowest BCUT2D eigenvalue weighted by Crippen LogP contribution is -2.33. The zero-order valence-electron chi connectivity index (χ0n) is 20.5. The highest BCUT2D eigenvalue weighted by molar-refractivity contribution is 6.30. The summed E-state index contributed by atoms with van der Waals surface area (Å²) >= 11 is 6.12. The number of para-hydroxylation sites is 1. The standard InChI is InChI=1S/C29H27ClF2N4O/c1-2-35(29(37)20-7-6-8-22(30)15-20)19-27-25-18-34(17-21-16-23(31)11-12-26(21)32)14-13-28(25)36(33-27)24-9-4-3-5-10-24/h3-12,15-16H,2,13-14,17-19H2,1H3. The van der Waals surface area contributed by atoms with Crippen molar-refractivity contribution in [3.63, 3.8) is 0 Å². The Morgan fingerprint density at radius 3 is 2.62 bits per heavy atom. The third-order valence-electron chi connectivity index (χ3n) is 6.70. The fraction of sp³-hybridized carbons (Fsp3) is 0.241. The molecular weight excluding hydrogens is 494 g/mol. The van der Waals surface area contributed by atoms with Gasteiger partial charge in [-0.05, 0) is 55.5 Å². The molecule has 0 bridgehead atoms. The molecule has 0 saturated heterocycles. The Kier molecular flexibility index (Phi) is 7.35. The summed E-state index contributed by atoms with van der Waals surface area (Å²) < 4.78 is 30.1. The maximum Gasteiger partial charge on any atom is 0.254 e. The SMILES string of the molecule is CCN(Cc1nn(-c2ccccc2)c2c1CN(Cc1cc(F)ccc1F)CC2)C(=O)c1cccc(Cl)c1. The molecule has 0 atom stereocenters. The van der Waals surface area contributed by atoms with Crippen LogP contribution in [0.1, 0.15) is 39.8 Å². The van der Waals surface area contributed by atoms with Crippen LogP contribution in [0.3, 0.4) is 0 Å². The van der Waals surface area contributed by atoms with Crippen LogP contribution >= 0.6 is 11.6 Å². The smallest absolute Gasteiger partial charge is 0.254 e. The van der Waals surface area contributed by atoms with Gasteiger partial charge in [0.25, 0.3) is 5.91 Å². The number of carbonyl (C=O) groups excluding carboxylic acids is 1. The Hall–Kier alpha value is -3.55. The fourth-order valence-corrected chi connectivity index (χ4v) is 4.99. The summed E-state index contributed by atoms with van der Waals surface area (Å²) in [7, 11) is 0. The Labute approximate surface area is 219 Å². The maximum absolute atomic E-state index is 14.4. The summed E-state index contributed by atoms with van der Waals surface area (Å²) in [4.78, 5) is 17.1.